The lowest BCUT2D eigenvalue weighted by Gasteiger charge is -2.35. The molecule has 1 aliphatic rings. The van der Waals surface area contributed by atoms with Gasteiger partial charge >= 0.3 is 6.09 Å². The molecule has 0 saturated carbocycles. The van der Waals surface area contributed by atoms with E-state index < -0.39 is 21.3 Å². The average Bonchev–Trinajstić information content (AvgIpc) is 2.74. The molecular formula is C23H32FN5O4S. The zero-order chi connectivity index (χ0) is 25.1. The van der Waals surface area contributed by atoms with Crippen LogP contribution in [-0.2, 0) is 14.6 Å². The number of rotatable bonds is 6. The van der Waals surface area contributed by atoms with Crippen molar-refractivity contribution in [3.63, 3.8) is 0 Å². The summed E-state index contributed by atoms with van der Waals surface area (Å²) in [4.78, 5) is 24.5. The predicted molar refractivity (Wildman–Crippen MR) is 129 cm³/mol. The first-order valence-electron chi connectivity index (χ1n) is 11.1. The molecule has 1 aromatic carbocycles. The summed E-state index contributed by atoms with van der Waals surface area (Å²) in [6.07, 6.45) is 3.86. The number of carbonyl (C=O) groups is 1. The second-order valence-corrected chi connectivity index (χ2v) is 11.6. The molecule has 0 unspecified atom stereocenters. The van der Waals surface area contributed by atoms with Crippen LogP contribution in [0.3, 0.4) is 0 Å². The lowest BCUT2D eigenvalue weighted by atomic mass is 9.96. The zero-order valence-corrected chi connectivity index (χ0v) is 21.0. The van der Waals surface area contributed by atoms with Crippen molar-refractivity contribution in [1.29, 1.82) is 0 Å². The van der Waals surface area contributed by atoms with E-state index in [1.54, 1.807) is 11.0 Å². The van der Waals surface area contributed by atoms with Crippen LogP contribution >= 0.6 is 0 Å². The van der Waals surface area contributed by atoms with E-state index in [1.807, 2.05) is 32.7 Å². The molecule has 0 radical (unpaired) electrons. The molecule has 1 fully saturated rings. The van der Waals surface area contributed by atoms with E-state index in [-0.39, 0.29) is 16.7 Å². The van der Waals surface area contributed by atoms with E-state index in [2.05, 4.69) is 15.3 Å². The number of sulfone groups is 1. The molecule has 2 aromatic rings. The number of benzene rings is 1. The maximum Gasteiger partial charge on any atom is 0.410 e. The smallest absolute Gasteiger partial charge is 0.410 e. The Labute approximate surface area is 200 Å². The van der Waals surface area contributed by atoms with E-state index in [1.165, 1.54) is 18.5 Å². The first-order chi connectivity index (χ1) is 15.8. The summed E-state index contributed by atoms with van der Waals surface area (Å²) in [6, 6.07) is 5.26. The molecule has 186 valence electrons. The van der Waals surface area contributed by atoms with Gasteiger partial charge in [-0.05, 0) is 57.7 Å². The molecule has 0 bridgehead atoms. The van der Waals surface area contributed by atoms with E-state index >= 15 is 0 Å². The van der Waals surface area contributed by atoms with Crippen molar-refractivity contribution >= 4 is 33.3 Å². The molecule has 34 heavy (non-hydrogen) atoms. The number of piperidine rings is 1. The summed E-state index contributed by atoms with van der Waals surface area (Å²) < 4.78 is 43.3. The van der Waals surface area contributed by atoms with Gasteiger partial charge in [0.1, 0.15) is 29.4 Å². The minimum absolute atomic E-state index is 0.0144. The fourth-order valence-corrected chi connectivity index (χ4v) is 4.35. The molecule has 1 aliphatic heterocycles. The molecule has 3 rings (SSSR count). The highest BCUT2D eigenvalue weighted by Gasteiger charge is 2.27. The topological polar surface area (TPSA) is 105 Å². The Hall–Kier alpha value is -2.95. The molecule has 1 amide bonds. The summed E-state index contributed by atoms with van der Waals surface area (Å²) in [7, 11) is -1.56. The molecule has 0 spiro atoms. The first-order valence-corrected chi connectivity index (χ1v) is 13.0. The number of hydrogen-bond acceptors (Lipinski definition) is 8. The van der Waals surface area contributed by atoms with Crippen molar-refractivity contribution in [1.82, 2.24) is 14.9 Å². The number of likely N-dealkylation sites (tertiary alicyclic amines) is 1. The number of nitrogens with zero attached hydrogens (tertiary/aromatic N) is 4. The van der Waals surface area contributed by atoms with Crippen LogP contribution in [0.4, 0.5) is 26.5 Å². The fraction of sp³-hybridized carbons (Fsp3) is 0.522. The third-order valence-corrected chi connectivity index (χ3v) is 6.58. The van der Waals surface area contributed by atoms with Gasteiger partial charge in [-0.25, -0.2) is 27.6 Å². The maximum atomic E-state index is 14.2. The normalized spacial score (nSPS) is 15.2. The number of halogens is 1. The Morgan fingerprint density at radius 3 is 2.53 bits per heavy atom. The minimum Gasteiger partial charge on any atom is -0.444 e. The van der Waals surface area contributed by atoms with Gasteiger partial charge in [0.2, 0.25) is 0 Å². The van der Waals surface area contributed by atoms with Gasteiger partial charge in [0.25, 0.3) is 0 Å². The lowest BCUT2D eigenvalue weighted by molar-refractivity contribution is 0.0186. The third-order valence-electron chi connectivity index (χ3n) is 5.47. The zero-order valence-electron chi connectivity index (χ0n) is 20.2. The van der Waals surface area contributed by atoms with E-state index in [4.69, 9.17) is 4.74 Å². The number of nitrogens with one attached hydrogen (secondary N) is 1. The molecule has 0 aliphatic carbocycles. The summed E-state index contributed by atoms with van der Waals surface area (Å²) >= 11 is 0. The number of aromatic nitrogens is 2. The second kappa shape index (κ2) is 10.1. The molecule has 1 aromatic heterocycles. The highest BCUT2D eigenvalue weighted by molar-refractivity contribution is 7.90. The van der Waals surface area contributed by atoms with Crippen molar-refractivity contribution < 1.29 is 22.3 Å². The Bertz CT molecular complexity index is 1130. The van der Waals surface area contributed by atoms with Crippen LogP contribution in [0, 0.1) is 11.7 Å². The van der Waals surface area contributed by atoms with Gasteiger partial charge in [0.15, 0.2) is 9.84 Å². The molecule has 1 saturated heterocycles. The fourth-order valence-electron chi connectivity index (χ4n) is 3.70. The van der Waals surface area contributed by atoms with Crippen molar-refractivity contribution in [3.8, 4) is 0 Å². The third kappa shape index (κ3) is 7.02. The maximum absolute atomic E-state index is 14.2. The van der Waals surface area contributed by atoms with Gasteiger partial charge in [-0.1, -0.05) is 0 Å². The Kier molecular flexibility index (Phi) is 7.64. The van der Waals surface area contributed by atoms with Gasteiger partial charge in [-0.15, -0.1) is 0 Å². The molecule has 1 N–H and O–H groups in total. The number of anilines is 3. The van der Waals surface area contributed by atoms with E-state index in [0.29, 0.717) is 30.6 Å². The highest BCUT2D eigenvalue weighted by atomic mass is 32.2. The average molecular weight is 494 g/mol. The predicted octanol–water partition coefficient (Wildman–Crippen LogP) is 3.85. The van der Waals surface area contributed by atoms with Gasteiger partial charge in [-0.3, -0.25) is 0 Å². The summed E-state index contributed by atoms with van der Waals surface area (Å²) in [5.74, 6) is 0.782. The van der Waals surface area contributed by atoms with Crippen LogP contribution < -0.4 is 10.2 Å². The number of carbonyl (C=O) groups excluding carboxylic acids is 1. The second-order valence-electron chi connectivity index (χ2n) is 9.59. The summed E-state index contributed by atoms with van der Waals surface area (Å²) in [5, 5.41) is 2.85. The molecule has 11 heteroatoms. The van der Waals surface area contributed by atoms with Crippen LogP contribution in [0.1, 0.15) is 33.6 Å². The van der Waals surface area contributed by atoms with Gasteiger partial charge < -0.3 is 19.9 Å². The van der Waals surface area contributed by atoms with Crippen LogP contribution in [-0.4, -0.2) is 67.9 Å². The quantitative estimate of drug-likeness (QED) is 0.605. The van der Waals surface area contributed by atoms with Gasteiger partial charge in [-0.2, -0.15) is 0 Å². The minimum atomic E-state index is -3.47. The molecule has 2 heterocycles. The monoisotopic (exact) mass is 493 g/mol. The lowest BCUT2D eigenvalue weighted by Crippen LogP contribution is -2.43. The highest BCUT2D eigenvalue weighted by Crippen LogP contribution is 2.25. The molecule has 0 atom stereocenters. The largest absolute Gasteiger partial charge is 0.444 e. The van der Waals surface area contributed by atoms with Crippen LogP contribution in [0.15, 0.2) is 35.5 Å². The van der Waals surface area contributed by atoms with Crippen molar-refractivity contribution in [2.24, 2.45) is 5.92 Å². The van der Waals surface area contributed by atoms with Gasteiger partial charge in [0, 0.05) is 39.0 Å². The Morgan fingerprint density at radius 2 is 1.91 bits per heavy atom. The summed E-state index contributed by atoms with van der Waals surface area (Å²) in [5.41, 5.74) is -0.494. The Balaban J connectivity index is 1.61. The van der Waals surface area contributed by atoms with Gasteiger partial charge in [0.05, 0.1) is 10.6 Å². The standard InChI is InChI=1S/C23H32FN5O4S/c1-23(2,3)33-22(30)29-10-8-16(9-11-29)14-28(4)21-13-20(25-15-26-21)27-19-12-17(34(5,31)32)6-7-18(19)24/h6-7,12-13,15-16H,8-11,14H2,1-5H3,(H,25,26,27). The number of ether oxygens (including phenoxy) is 1. The Morgan fingerprint density at radius 1 is 1.24 bits per heavy atom. The van der Waals surface area contributed by atoms with Crippen LogP contribution in [0.5, 0.6) is 0 Å². The molecular weight excluding hydrogens is 461 g/mol. The van der Waals surface area contributed by atoms with Crippen molar-refractivity contribution in [3.05, 3.63) is 36.4 Å². The molecule has 9 nitrogen and oxygen atoms in total. The van der Waals surface area contributed by atoms with Crippen LogP contribution in [0.2, 0.25) is 0 Å². The van der Waals surface area contributed by atoms with E-state index in [0.717, 1.165) is 31.7 Å². The van der Waals surface area contributed by atoms with E-state index in [9.17, 15) is 17.6 Å². The SMILES string of the molecule is CN(CC1CCN(C(=O)OC(C)(C)C)CC1)c1cc(Nc2cc(S(C)(=O)=O)ccc2F)ncn1. The number of amides is 1. The summed E-state index contributed by atoms with van der Waals surface area (Å²) in [6.45, 7) is 7.58. The number of hydrogen-bond donors (Lipinski definition) is 1. The van der Waals surface area contributed by atoms with Crippen molar-refractivity contribution in [2.75, 3.05) is 43.2 Å². The van der Waals surface area contributed by atoms with Crippen molar-refractivity contribution in [2.45, 2.75) is 44.1 Å². The first kappa shape index (κ1) is 25.7. The van der Waals surface area contributed by atoms with Crippen LogP contribution in [0.25, 0.3) is 0 Å².